The molecule has 0 saturated heterocycles. The Hall–Kier alpha value is -2.98. The molecule has 0 aliphatic rings. The Morgan fingerprint density at radius 3 is 2.31 bits per heavy atom. The van der Waals surface area contributed by atoms with Crippen molar-refractivity contribution in [3.63, 3.8) is 0 Å². The molecule has 5 N–H and O–H groups in total. The molecule has 3 aromatic carbocycles. The number of benzene rings is 3. The number of halogens is 1. The minimum Gasteiger partial charge on any atom is -0.506 e. The van der Waals surface area contributed by atoms with Gasteiger partial charge in [-0.15, -0.1) is 0 Å². The summed E-state index contributed by atoms with van der Waals surface area (Å²) in [4.78, 5) is -0.169. The van der Waals surface area contributed by atoms with Crippen molar-refractivity contribution in [2.24, 2.45) is 0 Å². The monoisotopic (exact) mass is 460 g/mol. The Balaban J connectivity index is 1.68. The van der Waals surface area contributed by atoms with Crippen LogP contribution in [0.1, 0.15) is 17.2 Å². The number of phenolic OH excluding ortho intramolecular Hbond substituents is 1. The molecule has 0 amide bonds. The lowest BCUT2D eigenvalue weighted by atomic mass is 10.0. The summed E-state index contributed by atoms with van der Waals surface area (Å²) in [6.07, 6.45) is -0.447. The second kappa shape index (κ2) is 10.6. The molecule has 0 bridgehead atoms. The minimum absolute atomic E-state index is 0.104. The number of sulfonamides is 1. The van der Waals surface area contributed by atoms with Gasteiger partial charge in [0.25, 0.3) is 10.0 Å². The molecule has 0 spiro atoms. The van der Waals surface area contributed by atoms with Gasteiger partial charge in [0.15, 0.2) is 0 Å². The summed E-state index contributed by atoms with van der Waals surface area (Å²) < 4.78 is 40.4. The Bertz CT molecular complexity index is 1120. The topological polar surface area (TPSA) is 119 Å². The molecule has 32 heavy (non-hydrogen) atoms. The molecule has 3 rings (SSSR count). The maximum atomic E-state index is 13.1. The van der Waals surface area contributed by atoms with Crippen LogP contribution < -0.4 is 10.0 Å². The fourth-order valence-electron chi connectivity index (χ4n) is 3.16. The normalized spacial score (nSPS) is 13.5. The fraction of sp³-hybridized carbons (Fsp3) is 0.217. The van der Waals surface area contributed by atoms with E-state index in [1.54, 1.807) is 0 Å². The van der Waals surface area contributed by atoms with Crippen LogP contribution in [0, 0.1) is 5.82 Å². The van der Waals surface area contributed by atoms with Crippen LogP contribution in [0.15, 0.2) is 77.7 Å². The average molecular weight is 461 g/mol. The first-order valence-electron chi connectivity index (χ1n) is 9.96. The molecule has 1 unspecified atom stereocenters. The van der Waals surface area contributed by atoms with Crippen molar-refractivity contribution in [3.05, 3.63) is 89.7 Å². The summed E-state index contributed by atoms with van der Waals surface area (Å²) in [7, 11) is -4.07. The summed E-state index contributed by atoms with van der Waals surface area (Å²) in [5, 5.41) is 33.3. The van der Waals surface area contributed by atoms with Crippen LogP contribution >= 0.6 is 0 Å². The van der Waals surface area contributed by atoms with E-state index in [0.29, 0.717) is 12.0 Å². The van der Waals surface area contributed by atoms with E-state index in [-0.39, 0.29) is 35.5 Å². The summed E-state index contributed by atoms with van der Waals surface area (Å²) >= 11 is 0. The number of aliphatic hydroxyl groups excluding tert-OH is 2. The smallest absolute Gasteiger partial charge is 0.262 e. The van der Waals surface area contributed by atoms with E-state index in [2.05, 4.69) is 10.0 Å². The Morgan fingerprint density at radius 1 is 0.969 bits per heavy atom. The quantitative estimate of drug-likeness (QED) is 0.297. The fourth-order valence-corrected chi connectivity index (χ4v) is 4.22. The third-order valence-corrected chi connectivity index (χ3v) is 6.30. The van der Waals surface area contributed by atoms with Gasteiger partial charge in [0, 0.05) is 12.6 Å². The van der Waals surface area contributed by atoms with Gasteiger partial charge in [-0.3, -0.25) is 4.72 Å². The molecule has 0 saturated carbocycles. The van der Waals surface area contributed by atoms with E-state index in [1.807, 2.05) is 30.3 Å². The van der Waals surface area contributed by atoms with Crippen molar-refractivity contribution in [2.45, 2.75) is 23.5 Å². The number of hydrogen-bond acceptors (Lipinski definition) is 6. The van der Waals surface area contributed by atoms with Crippen molar-refractivity contribution in [2.75, 3.05) is 17.9 Å². The maximum absolute atomic E-state index is 13.1. The van der Waals surface area contributed by atoms with Crippen LogP contribution in [0.3, 0.4) is 0 Å². The van der Waals surface area contributed by atoms with Gasteiger partial charge in [-0.25, -0.2) is 12.8 Å². The molecule has 0 heterocycles. The van der Waals surface area contributed by atoms with Gasteiger partial charge in [-0.1, -0.05) is 36.4 Å². The summed E-state index contributed by atoms with van der Waals surface area (Å²) in [6, 6.07) is 17.7. The molecule has 2 atom stereocenters. The molecular weight excluding hydrogens is 435 g/mol. The zero-order valence-electron chi connectivity index (χ0n) is 17.1. The maximum Gasteiger partial charge on any atom is 0.262 e. The molecule has 7 nitrogen and oxygen atoms in total. The molecule has 0 aromatic heterocycles. The lowest BCUT2D eigenvalue weighted by molar-refractivity contribution is 0.158. The van der Waals surface area contributed by atoms with Crippen molar-refractivity contribution in [1.82, 2.24) is 5.32 Å². The molecular formula is C23H25FN2O5S. The first-order chi connectivity index (χ1) is 15.3. The molecule has 0 fully saturated rings. The Kier molecular flexibility index (Phi) is 7.81. The number of phenols is 1. The van der Waals surface area contributed by atoms with Crippen molar-refractivity contribution >= 4 is 15.7 Å². The van der Waals surface area contributed by atoms with E-state index >= 15 is 0 Å². The third kappa shape index (κ3) is 6.27. The summed E-state index contributed by atoms with van der Waals surface area (Å²) in [6.45, 7) is -0.0209. The molecule has 0 aliphatic carbocycles. The number of aromatic hydroxyl groups is 1. The average Bonchev–Trinajstić information content (AvgIpc) is 2.78. The zero-order valence-corrected chi connectivity index (χ0v) is 18.0. The van der Waals surface area contributed by atoms with Crippen molar-refractivity contribution < 1.29 is 28.1 Å². The molecule has 0 aliphatic heterocycles. The van der Waals surface area contributed by atoms with E-state index in [1.165, 1.54) is 18.2 Å². The molecule has 9 heteroatoms. The van der Waals surface area contributed by atoms with Crippen LogP contribution in [0.25, 0.3) is 0 Å². The highest BCUT2D eigenvalue weighted by Gasteiger charge is 2.19. The van der Waals surface area contributed by atoms with Crippen LogP contribution in [0.2, 0.25) is 0 Å². The largest absolute Gasteiger partial charge is 0.506 e. The van der Waals surface area contributed by atoms with Crippen LogP contribution in [0.4, 0.5) is 10.1 Å². The van der Waals surface area contributed by atoms with Gasteiger partial charge in [-0.05, 0) is 53.9 Å². The van der Waals surface area contributed by atoms with Crippen LogP contribution in [-0.2, 0) is 16.4 Å². The Labute approximate surface area is 186 Å². The van der Waals surface area contributed by atoms with Crippen molar-refractivity contribution in [1.29, 1.82) is 0 Å². The second-order valence-electron chi connectivity index (χ2n) is 7.33. The number of rotatable bonds is 10. The number of aliphatic hydroxyl groups is 2. The summed E-state index contributed by atoms with van der Waals surface area (Å²) in [5.74, 6) is -0.894. The molecule has 170 valence electrons. The zero-order chi connectivity index (χ0) is 23.1. The van der Waals surface area contributed by atoms with Gasteiger partial charge in [0.2, 0.25) is 0 Å². The van der Waals surface area contributed by atoms with Crippen LogP contribution in [-0.4, -0.2) is 42.9 Å². The number of anilines is 1. The Morgan fingerprint density at radius 2 is 1.66 bits per heavy atom. The van der Waals surface area contributed by atoms with Gasteiger partial charge in [-0.2, -0.15) is 0 Å². The number of hydrogen-bond donors (Lipinski definition) is 5. The predicted octanol–water partition coefficient (Wildman–Crippen LogP) is 2.56. The van der Waals surface area contributed by atoms with Gasteiger partial charge >= 0.3 is 0 Å². The first-order valence-corrected chi connectivity index (χ1v) is 11.4. The first kappa shape index (κ1) is 23.7. The highest BCUT2D eigenvalue weighted by molar-refractivity contribution is 7.92. The second-order valence-corrected chi connectivity index (χ2v) is 9.01. The van der Waals surface area contributed by atoms with E-state index in [0.717, 1.165) is 29.8 Å². The lowest BCUT2D eigenvalue weighted by Gasteiger charge is -2.20. The van der Waals surface area contributed by atoms with Gasteiger partial charge in [0.1, 0.15) is 11.6 Å². The van der Waals surface area contributed by atoms with Gasteiger partial charge < -0.3 is 20.6 Å². The highest BCUT2D eigenvalue weighted by atomic mass is 32.2. The SMILES string of the molecule is O=S(=O)(Nc1cc(C(O)CN[C@H](CO)Cc2ccccc2)ccc1O)c1ccc(F)cc1. The van der Waals surface area contributed by atoms with Gasteiger partial charge in [0.05, 0.1) is 23.3 Å². The lowest BCUT2D eigenvalue weighted by Crippen LogP contribution is -2.37. The molecule has 0 radical (unpaired) electrons. The summed E-state index contributed by atoms with van der Waals surface area (Å²) in [5.41, 5.74) is 1.29. The number of nitrogens with one attached hydrogen (secondary N) is 2. The standard InChI is InChI=1S/C23H25FN2O5S/c24-18-7-9-20(10-8-18)32(30,31)26-21-13-17(6-11-22(21)28)23(29)14-25-19(15-27)12-16-4-2-1-3-5-16/h1-11,13,19,23,25-29H,12,14-15H2/t19-,23?/m0/s1. The minimum atomic E-state index is -4.07. The van der Waals surface area contributed by atoms with E-state index < -0.39 is 21.9 Å². The third-order valence-electron chi connectivity index (χ3n) is 4.92. The predicted molar refractivity (Wildman–Crippen MR) is 119 cm³/mol. The highest BCUT2D eigenvalue weighted by Crippen LogP contribution is 2.29. The van der Waals surface area contributed by atoms with Crippen LogP contribution in [0.5, 0.6) is 5.75 Å². The van der Waals surface area contributed by atoms with Crippen molar-refractivity contribution in [3.8, 4) is 5.75 Å². The van der Waals surface area contributed by atoms with E-state index in [9.17, 15) is 28.1 Å². The molecule has 3 aromatic rings. The van der Waals surface area contributed by atoms with E-state index in [4.69, 9.17) is 0 Å².